The predicted octanol–water partition coefficient (Wildman–Crippen LogP) is 6.05. The van der Waals surface area contributed by atoms with Crippen molar-refractivity contribution >= 4 is 16.0 Å². The van der Waals surface area contributed by atoms with Gasteiger partial charge in [0.15, 0.2) is 0 Å². The standard InChI is InChI=1S/C25H23F4NO4S/c1-3-17(2)30(24(31)22-12-4-5-13-23(22)26)16-18-8-6-10-20(14-18)34-35(32,33)21-11-7-9-19(15-21)25(27,28)29/h4-15,17H,3,16H2,1-2H3. The number of benzene rings is 3. The monoisotopic (exact) mass is 509 g/mol. The van der Waals surface area contributed by atoms with Gasteiger partial charge in [-0.2, -0.15) is 21.6 Å². The fourth-order valence-electron chi connectivity index (χ4n) is 3.33. The average Bonchev–Trinajstić information content (AvgIpc) is 2.81. The summed E-state index contributed by atoms with van der Waals surface area (Å²) in [4.78, 5) is 13.9. The van der Waals surface area contributed by atoms with Crippen LogP contribution in [0.4, 0.5) is 17.6 Å². The molecule has 0 radical (unpaired) electrons. The van der Waals surface area contributed by atoms with E-state index < -0.39 is 38.5 Å². The van der Waals surface area contributed by atoms with E-state index in [1.54, 1.807) is 19.1 Å². The van der Waals surface area contributed by atoms with Crippen LogP contribution >= 0.6 is 0 Å². The Hall–Kier alpha value is -3.40. The molecule has 1 atom stereocenters. The molecule has 5 nitrogen and oxygen atoms in total. The SMILES string of the molecule is CCC(C)N(Cc1cccc(OS(=O)(=O)c2cccc(C(F)(F)F)c2)c1)C(=O)c1ccccc1F. The summed E-state index contributed by atoms with van der Waals surface area (Å²) in [6.07, 6.45) is -4.13. The summed E-state index contributed by atoms with van der Waals surface area (Å²) in [5.74, 6) is -1.32. The number of nitrogens with zero attached hydrogens (tertiary/aromatic N) is 1. The van der Waals surface area contributed by atoms with Gasteiger partial charge in [0.05, 0.1) is 11.1 Å². The van der Waals surface area contributed by atoms with E-state index in [2.05, 4.69) is 0 Å². The maximum atomic E-state index is 14.2. The molecule has 1 unspecified atom stereocenters. The molecule has 3 aromatic carbocycles. The topological polar surface area (TPSA) is 63.7 Å². The second-order valence-electron chi connectivity index (χ2n) is 7.88. The third-order valence-corrected chi connectivity index (χ3v) is 6.64. The summed E-state index contributed by atoms with van der Waals surface area (Å²) in [6.45, 7) is 3.70. The van der Waals surface area contributed by atoms with E-state index in [4.69, 9.17) is 4.18 Å². The summed E-state index contributed by atoms with van der Waals surface area (Å²) < 4.78 is 83.4. The van der Waals surface area contributed by atoms with Crippen molar-refractivity contribution in [3.63, 3.8) is 0 Å². The van der Waals surface area contributed by atoms with Crippen molar-refractivity contribution in [1.82, 2.24) is 4.90 Å². The molecule has 0 saturated carbocycles. The highest BCUT2D eigenvalue weighted by Crippen LogP contribution is 2.31. The number of carbonyl (C=O) groups is 1. The molecule has 0 aliphatic carbocycles. The maximum Gasteiger partial charge on any atom is 0.416 e. The maximum absolute atomic E-state index is 14.2. The molecule has 0 aliphatic heterocycles. The molecule has 3 rings (SSSR count). The van der Waals surface area contributed by atoms with Crippen molar-refractivity contribution in [2.75, 3.05) is 0 Å². The summed E-state index contributed by atoms with van der Waals surface area (Å²) in [6, 6.07) is 14.4. The lowest BCUT2D eigenvalue weighted by Gasteiger charge is -2.29. The van der Waals surface area contributed by atoms with E-state index in [0.29, 0.717) is 18.1 Å². The van der Waals surface area contributed by atoms with Crippen molar-refractivity contribution in [3.8, 4) is 5.75 Å². The summed E-state index contributed by atoms with van der Waals surface area (Å²) in [5.41, 5.74) is -0.717. The number of amides is 1. The van der Waals surface area contributed by atoms with Crippen LogP contribution in [0.2, 0.25) is 0 Å². The first-order chi connectivity index (χ1) is 16.4. The fourth-order valence-corrected chi connectivity index (χ4v) is 4.30. The first-order valence-corrected chi connectivity index (χ1v) is 12.1. The van der Waals surface area contributed by atoms with Crippen molar-refractivity contribution in [2.45, 2.75) is 43.9 Å². The second kappa shape index (κ2) is 10.5. The van der Waals surface area contributed by atoms with E-state index >= 15 is 0 Å². The molecule has 35 heavy (non-hydrogen) atoms. The second-order valence-corrected chi connectivity index (χ2v) is 9.43. The van der Waals surface area contributed by atoms with Gasteiger partial charge in [0.25, 0.3) is 5.91 Å². The van der Waals surface area contributed by atoms with E-state index in [-0.39, 0.29) is 23.9 Å². The molecule has 0 N–H and O–H groups in total. The molecule has 0 fully saturated rings. The fraction of sp³-hybridized carbons (Fsp3) is 0.240. The van der Waals surface area contributed by atoms with Gasteiger partial charge < -0.3 is 9.08 Å². The third kappa shape index (κ3) is 6.39. The third-order valence-electron chi connectivity index (χ3n) is 5.40. The van der Waals surface area contributed by atoms with E-state index in [0.717, 1.165) is 18.2 Å². The summed E-state index contributed by atoms with van der Waals surface area (Å²) >= 11 is 0. The van der Waals surface area contributed by atoms with E-state index in [1.807, 2.05) is 6.92 Å². The molecule has 10 heteroatoms. The number of halogens is 4. The smallest absolute Gasteiger partial charge is 0.379 e. The number of hydrogen-bond acceptors (Lipinski definition) is 4. The first-order valence-electron chi connectivity index (χ1n) is 10.7. The first kappa shape index (κ1) is 26.2. The highest BCUT2D eigenvalue weighted by Gasteiger charge is 2.32. The molecular formula is C25H23F4NO4S. The average molecular weight is 510 g/mol. The van der Waals surface area contributed by atoms with Gasteiger partial charge in [0.1, 0.15) is 16.5 Å². The zero-order chi connectivity index (χ0) is 25.8. The molecule has 0 spiro atoms. The minimum absolute atomic E-state index is 0.0307. The van der Waals surface area contributed by atoms with Gasteiger partial charge in [-0.1, -0.05) is 37.3 Å². The van der Waals surface area contributed by atoms with Gasteiger partial charge in [-0.05, 0) is 61.4 Å². The van der Waals surface area contributed by atoms with Crippen LogP contribution in [0.1, 0.15) is 41.8 Å². The van der Waals surface area contributed by atoms with Crippen LogP contribution in [0.3, 0.4) is 0 Å². The molecule has 0 aliphatic rings. The Bertz CT molecular complexity index is 1310. The Morgan fingerprint density at radius 3 is 2.34 bits per heavy atom. The summed E-state index contributed by atoms with van der Waals surface area (Å²) in [7, 11) is -4.56. The lowest BCUT2D eigenvalue weighted by Crippen LogP contribution is -2.38. The summed E-state index contributed by atoms with van der Waals surface area (Å²) in [5, 5.41) is 0. The molecule has 3 aromatic rings. The Morgan fingerprint density at radius 1 is 1.00 bits per heavy atom. The predicted molar refractivity (Wildman–Crippen MR) is 122 cm³/mol. The minimum atomic E-state index is -4.71. The lowest BCUT2D eigenvalue weighted by molar-refractivity contribution is -0.137. The van der Waals surface area contributed by atoms with Crippen LogP contribution in [0.25, 0.3) is 0 Å². The van der Waals surface area contributed by atoms with Crippen LogP contribution in [0, 0.1) is 5.82 Å². The molecule has 0 bridgehead atoms. The Morgan fingerprint density at radius 2 is 1.69 bits per heavy atom. The Kier molecular flexibility index (Phi) is 7.84. The Labute approximate surface area is 201 Å². The zero-order valence-corrected chi connectivity index (χ0v) is 19.7. The molecule has 0 heterocycles. The molecular weight excluding hydrogens is 486 g/mol. The number of alkyl halides is 3. The van der Waals surface area contributed by atoms with Gasteiger partial charge in [-0.15, -0.1) is 0 Å². The van der Waals surface area contributed by atoms with Crippen molar-refractivity contribution in [2.24, 2.45) is 0 Å². The number of hydrogen-bond donors (Lipinski definition) is 0. The number of carbonyl (C=O) groups excluding carboxylic acids is 1. The zero-order valence-electron chi connectivity index (χ0n) is 18.9. The van der Waals surface area contributed by atoms with Crippen molar-refractivity contribution in [1.29, 1.82) is 0 Å². The minimum Gasteiger partial charge on any atom is -0.379 e. The van der Waals surface area contributed by atoms with Gasteiger partial charge >= 0.3 is 16.3 Å². The van der Waals surface area contributed by atoms with Gasteiger partial charge in [0.2, 0.25) is 0 Å². The normalized spacial score (nSPS) is 12.7. The van der Waals surface area contributed by atoms with E-state index in [9.17, 15) is 30.8 Å². The van der Waals surface area contributed by atoms with Crippen molar-refractivity contribution < 1.29 is 35.0 Å². The van der Waals surface area contributed by atoms with Gasteiger partial charge in [0, 0.05) is 12.6 Å². The van der Waals surface area contributed by atoms with Crippen LogP contribution in [0.15, 0.2) is 77.7 Å². The largest absolute Gasteiger partial charge is 0.416 e. The van der Waals surface area contributed by atoms with Crippen LogP contribution in [-0.4, -0.2) is 25.3 Å². The van der Waals surface area contributed by atoms with Gasteiger partial charge in [-0.25, -0.2) is 4.39 Å². The van der Waals surface area contributed by atoms with Gasteiger partial charge in [-0.3, -0.25) is 4.79 Å². The van der Waals surface area contributed by atoms with Crippen LogP contribution in [-0.2, 0) is 22.8 Å². The quantitative estimate of drug-likeness (QED) is 0.274. The highest BCUT2D eigenvalue weighted by atomic mass is 32.2. The Balaban J connectivity index is 1.86. The molecule has 0 aromatic heterocycles. The molecule has 186 valence electrons. The molecule has 0 saturated heterocycles. The molecule has 1 amide bonds. The highest BCUT2D eigenvalue weighted by molar-refractivity contribution is 7.87. The van der Waals surface area contributed by atoms with E-state index in [1.165, 1.54) is 41.3 Å². The van der Waals surface area contributed by atoms with Crippen LogP contribution in [0.5, 0.6) is 5.75 Å². The van der Waals surface area contributed by atoms with Crippen LogP contribution < -0.4 is 4.18 Å². The lowest BCUT2D eigenvalue weighted by atomic mass is 10.1. The number of rotatable bonds is 8. The van der Waals surface area contributed by atoms with Crippen molar-refractivity contribution in [3.05, 3.63) is 95.3 Å².